The van der Waals surface area contributed by atoms with Crippen LogP contribution in [0.5, 0.6) is 0 Å². The van der Waals surface area contributed by atoms with E-state index in [-0.39, 0.29) is 25.7 Å². The van der Waals surface area contributed by atoms with Gasteiger partial charge in [-0.2, -0.15) is 0 Å². The summed E-state index contributed by atoms with van der Waals surface area (Å²) in [6.07, 6.45) is 63.6. The molecule has 0 saturated carbocycles. The van der Waals surface area contributed by atoms with Gasteiger partial charge in [-0.05, 0) is 77.0 Å². The van der Waals surface area contributed by atoms with Crippen molar-refractivity contribution in [3.63, 3.8) is 0 Å². The Bertz CT molecular complexity index is 1370. The lowest BCUT2D eigenvalue weighted by molar-refractivity contribution is -0.188. The van der Waals surface area contributed by atoms with Gasteiger partial charge in [-0.15, -0.1) is 0 Å². The van der Waals surface area contributed by atoms with Gasteiger partial charge in [0, 0.05) is 25.7 Å². The zero-order chi connectivity index (χ0) is 61.3. The second kappa shape index (κ2) is 66.2. The van der Waals surface area contributed by atoms with E-state index < -0.39 is 61.5 Å². The monoisotopic (exact) mass is 1190 g/mol. The Morgan fingerprint density at radius 2 is 0.440 bits per heavy atom. The molecule has 0 amide bonds. The highest BCUT2D eigenvalue weighted by Crippen LogP contribution is 2.20. The van der Waals surface area contributed by atoms with Crippen molar-refractivity contribution in [2.75, 3.05) is 13.2 Å². The minimum Gasteiger partial charge on any atom is -0.462 e. The Labute approximate surface area is 519 Å². The standard InChI is InChI=1S/C74H138O10/c1-5-9-13-17-21-25-29-33-35-39-43-47-51-55-59-63-71(77)83-67(65-81-69(75)61-57-53-49-45-41-37-31-27-23-19-15-11-7-3)73(79)74(80)68(66-82-70(76)62-58-54-50-46-42-38-32-28-24-20-16-12-8-4)84-72(78)64-60-56-52-48-44-40-36-34-30-26-22-18-14-10-6-2/h33-36,67-68,73-74,79-80H,5-32,37-66H2,1-4H3/b35-33-,36-34-/t67-,68-,73-,74-/m1/s1. The maximum Gasteiger partial charge on any atom is 0.306 e. The van der Waals surface area contributed by atoms with E-state index >= 15 is 0 Å². The fourth-order valence-corrected chi connectivity index (χ4v) is 11.0. The van der Waals surface area contributed by atoms with Crippen LogP contribution in [0, 0.1) is 0 Å². The molecule has 0 saturated heterocycles. The van der Waals surface area contributed by atoms with Crippen LogP contribution in [-0.4, -0.2) is 71.7 Å². The summed E-state index contributed by atoms with van der Waals surface area (Å²) < 4.78 is 22.9. The molecule has 0 aromatic carbocycles. The van der Waals surface area contributed by atoms with Gasteiger partial charge < -0.3 is 29.2 Å². The first-order chi connectivity index (χ1) is 41.2. The molecule has 0 bridgehead atoms. The number of carbonyl (C=O) groups is 4. The van der Waals surface area contributed by atoms with Crippen molar-refractivity contribution in [2.45, 2.75) is 412 Å². The number of hydrogen-bond donors (Lipinski definition) is 2. The van der Waals surface area contributed by atoms with Crippen molar-refractivity contribution in [1.29, 1.82) is 0 Å². The van der Waals surface area contributed by atoms with Gasteiger partial charge >= 0.3 is 23.9 Å². The smallest absolute Gasteiger partial charge is 0.306 e. The fourth-order valence-electron chi connectivity index (χ4n) is 11.0. The van der Waals surface area contributed by atoms with E-state index in [0.29, 0.717) is 25.7 Å². The summed E-state index contributed by atoms with van der Waals surface area (Å²) in [6, 6.07) is 0. The Morgan fingerprint density at radius 3 is 0.655 bits per heavy atom. The molecule has 0 unspecified atom stereocenters. The largest absolute Gasteiger partial charge is 0.462 e. The lowest BCUT2D eigenvalue weighted by Gasteiger charge is -2.31. The molecule has 84 heavy (non-hydrogen) atoms. The number of esters is 4. The van der Waals surface area contributed by atoms with Gasteiger partial charge in [0.2, 0.25) is 0 Å². The van der Waals surface area contributed by atoms with E-state index in [4.69, 9.17) is 18.9 Å². The Balaban J connectivity index is 5.55. The molecule has 0 rings (SSSR count). The number of ether oxygens (including phenoxy) is 4. The normalized spacial score (nSPS) is 13.2. The molecule has 494 valence electrons. The minimum absolute atomic E-state index is 0.107. The van der Waals surface area contributed by atoms with Crippen molar-refractivity contribution >= 4 is 23.9 Å². The van der Waals surface area contributed by atoms with Crippen LogP contribution in [0.15, 0.2) is 24.3 Å². The molecule has 0 aliphatic carbocycles. The molecule has 0 spiro atoms. The summed E-state index contributed by atoms with van der Waals surface area (Å²) in [5, 5.41) is 23.6. The average molecular weight is 1190 g/mol. The van der Waals surface area contributed by atoms with Crippen molar-refractivity contribution in [1.82, 2.24) is 0 Å². The third kappa shape index (κ3) is 58.3. The highest BCUT2D eigenvalue weighted by molar-refractivity contribution is 5.71. The molecule has 0 aliphatic heterocycles. The molecule has 0 aromatic heterocycles. The molecule has 0 fully saturated rings. The summed E-state index contributed by atoms with van der Waals surface area (Å²) in [6.45, 7) is 8.06. The zero-order valence-electron chi connectivity index (χ0n) is 55.8. The molecule has 0 heterocycles. The van der Waals surface area contributed by atoms with E-state index in [1.807, 2.05) is 0 Å². The van der Waals surface area contributed by atoms with E-state index in [0.717, 1.165) is 116 Å². The zero-order valence-corrected chi connectivity index (χ0v) is 55.8. The van der Waals surface area contributed by atoms with Crippen LogP contribution in [0.25, 0.3) is 0 Å². The van der Waals surface area contributed by atoms with Gasteiger partial charge in [0.25, 0.3) is 0 Å². The maximum absolute atomic E-state index is 13.4. The van der Waals surface area contributed by atoms with Gasteiger partial charge in [0.05, 0.1) is 0 Å². The van der Waals surface area contributed by atoms with Crippen LogP contribution in [-0.2, 0) is 38.1 Å². The predicted molar refractivity (Wildman–Crippen MR) is 353 cm³/mol. The van der Waals surface area contributed by atoms with Crippen molar-refractivity contribution in [2.24, 2.45) is 0 Å². The number of aliphatic hydroxyl groups is 2. The van der Waals surface area contributed by atoms with Crippen LogP contribution >= 0.6 is 0 Å². The Morgan fingerprint density at radius 1 is 0.262 bits per heavy atom. The van der Waals surface area contributed by atoms with Gasteiger partial charge in [0.1, 0.15) is 25.4 Å². The molecule has 0 aromatic rings. The van der Waals surface area contributed by atoms with E-state index in [9.17, 15) is 29.4 Å². The first-order valence-electron chi connectivity index (χ1n) is 36.6. The van der Waals surface area contributed by atoms with Crippen molar-refractivity contribution in [3.8, 4) is 0 Å². The van der Waals surface area contributed by atoms with Crippen LogP contribution in [0.4, 0.5) is 0 Å². The van der Waals surface area contributed by atoms with Gasteiger partial charge in [-0.3, -0.25) is 19.2 Å². The topological polar surface area (TPSA) is 146 Å². The number of carbonyl (C=O) groups excluding carboxylic acids is 4. The molecule has 2 N–H and O–H groups in total. The number of allylic oxidation sites excluding steroid dienone is 4. The highest BCUT2D eigenvalue weighted by Gasteiger charge is 2.38. The lowest BCUT2D eigenvalue weighted by atomic mass is 10.0. The fraction of sp³-hybridized carbons (Fsp3) is 0.892. The van der Waals surface area contributed by atoms with Crippen molar-refractivity contribution < 1.29 is 48.3 Å². The molecule has 0 aliphatic rings. The quantitative estimate of drug-likeness (QED) is 0.0261. The molecule has 10 heteroatoms. The second-order valence-corrected chi connectivity index (χ2v) is 25.1. The van der Waals surface area contributed by atoms with Crippen LogP contribution in [0.1, 0.15) is 387 Å². The van der Waals surface area contributed by atoms with Crippen molar-refractivity contribution in [3.05, 3.63) is 24.3 Å². The molecule has 0 radical (unpaired) electrons. The molecular weight excluding hydrogens is 1050 g/mol. The molecular formula is C74H138O10. The van der Waals surface area contributed by atoms with Crippen LogP contribution < -0.4 is 0 Å². The SMILES string of the molecule is CCCCCCCC/C=C\CCCCCCCC(=O)O[C@H](COC(=O)CCCCCCCCCCCCCCC)[C@@H](O)[C@H](O)[C@@H](COC(=O)CCCCCCCCCCCCCCC)OC(=O)CCCCCCC/C=C\CCCCCCCC. The summed E-state index contributed by atoms with van der Waals surface area (Å²) in [7, 11) is 0. The summed E-state index contributed by atoms with van der Waals surface area (Å²) in [5.74, 6) is -2.08. The van der Waals surface area contributed by atoms with Crippen LogP contribution in [0.3, 0.4) is 0 Å². The summed E-state index contributed by atoms with van der Waals surface area (Å²) in [4.78, 5) is 53.0. The maximum atomic E-state index is 13.4. The predicted octanol–water partition coefficient (Wildman–Crippen LogP) is 21.7. The van der Waals surface area contributed by atoms with Crippen LogP contribution in [0.2, 0.25) is 0 Å². The Hall–Kier alpha value is -2.72. The number of rotatable bonds is 67. The number of hydrogen-bond acceptors (Lipinski definition) is 10. The lowest BCUT2D eigenvalue weighted by Crippen LogP contribution is -2.51. The van der Waals surface area contributed by atoms with Gasteiger partial charge in [-0.1, -0.05) is 309 Å². The van der Waals surface area contributed by atoms with Gasteiger partial charge in [-0.25, -0.2) is 0 Å². The first-order valence-corrected chi connectivity index (χ1v) is 36.6. The van der Waals surface area contributed by atoms with E-state index in [1.54, 1.807) is 0 Å². The highest BCUT2D eigenvalue weighted by atomic mass is 16.6. The number of unbranched alkanes of at least 4 members (excludes halogenated alkanes) is 46. The Kier molecular flexibility index (Phi) is 64.1. The number of aliphatic hydroxyl groups excluding tert-OH is 2. The second-order valence-electron chi connectivity index (χ2n) is 25.1. The first kappa shape index (κ1) is 81.3. The third-order valence-corrected chi connectivity index (χ3v) is 16.7. The van der Waals surface area contributed by atoms with E-state index in [2.05, 4.69) is 52.0 Å². The third-order valence-electron chi connectivity index (χ3n) is 16.7. The summed E-state index contributed by atoms with van der Waals surface area (Å²) in [5.41, 5.74) is 0. The summed E-state index contributed by atoms with van der Waals surface area (Å²) >= 11 is 0. The molecule has 4 atom stereocenters. The average Bonchev–Trinajstić information content (AvgIpc) is 3.57. The van der Waals surface area contributed by atoms with Gasteiger partial charge in [0.15, 0.2) is 12.2 Å². The minimum atomic E-state index is -1.80. The molecule has 10 nitrogen and oxygen atoms in total. The van der Waals surface area contributed by atoms with E-state index in [1.165, 1.54) is 193 Å².